The van der Waals surface area contributed by atoms with E-state index in [0.717, 1.165) is 5.69 Å². The second-order valence-electron chi connectivity index (χ2n) is 3.94. The highest BCUT2D eigenvalue weighted by molar-refractivity contribution is 7.71. The average Bonchev–Trinajstić information content (AvgIpc) is 2.37. The molecule has 18 heavy (non-hydrogen) atoms. The Morgan fingerprint density at radius 3 is 2.89 bits per heavy atom. The zero-order valence-electron chi connectivity index (χ0n) is 9.88. The molecular weight excluding hydrogens is 250 g/mol. The largest absolute Gasteiger partial charge is 0.494 e. The van der Waals surface area contributed by atoms with Gasteiger partial charge in [0.1, 0.15) is 0 Å². The molecule has 2 heterocycles. The maximum absolute atomic E-state index is 11.7. The Morgan fingerprint density at radius 1 is 1.44 bits per heavy atom. The van der Waals surface area contributed by atoms with Crippen molar-refractivity contribution in [2.45, 2.75) is 12.8 Å². The lowest BCUT2D eigenvalue weighted by atomic mass is 10.1. The van der Waals surface area contributed by atoms with E-state index in [2.05, 4.69) is 9.97 Å². The zero-order chi connectivity index (χ0) is 13.1. The van der Waals surface area contributed by atoms with Crippen molar-refractivity contribution in [1.82, 2.24) is 14.5 Å². The van der Waals surface area contributed by atoms with Crippen LogP contribution >= 0.6 is 12.2 Å². The molecule has 6 heteroatoms. The first-order valence-electron chi connectivity index (χ1n) is 5.50. The van der Waals surface area contributed by atoms with Crippen molar-refractivity contribution in [2.24, 2.45) is 7.05 Å². The maximum Gasteiger partial charge on any atom is 0.258 e. The van der Waals surface area contributed by atoms with Gasteiger partial charge in [-0.3, -0.25) is 19.3 Å². The third-order valence-electron chi connectivity index (χ3n) is 2.74. The van der Waals surface area contributed by atoms with Crippen molar-refractivity contribution in [3.05, 3.63) is 50.8 Å². The Bertz CT molecular complexity index is 661. The van der Waals surface area contributed by atoms with Crippen molar-refractivity contribution in [1.29, 1.82) is 0 Å². The molecule has 0 aromatic carbocycles. The van der Waals surface area contributed by atoms with Gasteiger partial charge in [0, 0.05) is 18.9 Å². The zero-order valence-corrected chi connectivity index (χ0v) is 10.7. The molecule has 0 saturated carbocycles. The third-order valence-corrected chi connectivity index (χ3v) is 3.12. The van der Waals surface area contributed by atoms with Crippen molar-refractivity contribution in [2.75, 3.05) is 0 Å². The molecule has 0 bridgehead atoms. The minimum absolute atomic E-state index is 0.0836. The summed E-state index contributed by atoms with van der Waals surface area (Å²) in [5.41, 5.74) is 0.865. The number of pyridine rings is 1. The van der Waals surface area contributed by atoms with Gasteiger partial charge < -0.3 is 5.11 Å². The number of aromatic amines is 1. The van der Waals surface area contributed by atoms with Gasteiger partial charge in [0.15, 0.2) is 4.77 Å². The van der Waals surface area contributed by atoms with Crippen LogP contribution in [0, 0.1) is 4.77 Å². The van der Waals surface area contributed by atoms with Gasteiger partial charge in [0.05, 0.1) is 5.56 Å². The Balaban J connectivity index is 2.28. The van der Waals surface area contributed by atoms with Gasteiger partial charge in [-0.2, -0.15) is 0 Å². The standard InChI is InChI=1S/C12H13N3O2S/c1-15-11(17)9(10(16)14-12(15)18)6-5-8-4-2-3-7-13-8/h2-4,7,17H,5-6H2,1H3,(H,14,16,18). The van der Waals surface area contributed by atoms with Crippen LogP contribution in [0.5, 0.6) is 5.88 Å². The molecule has 0 amide bonds. The Morgan fingerprint density at radius 2 is 2.22 bits per heavy atom. The SMILES string of the molecule is Cn1c(O)c(CCc2ccccn2)c(=O)[nH]c1=S. The lowest BCUT2D eigenvalue weighted by Crippen LogP contribution is -2.18. The van der Waals surface area contributed by atoms with E-state index in [1.54, 1.807) is 13.2 Å². The van der Waals surface area contributed by atoms with Gasteiger partial charge in [-0.1, -0.05) is 6.07 Å². The van der Waals surface area contributed by atoms with Crippen LogP contribution in [0.2, 0.25) is 0 Å². The normalized spacial score (nSPS) is 10.5. The van der Waals surface area contributed by atoms with Crippen LogP contribution in [0.1, 0.15) is 11.3 Å². The summed E-state index contributed by atoms with van der Waals surface area (Å²) in [4.78, 5) is 18.4. The number of aromatic hydroxyl groups is 1. The fourth-order valence-electron chi connectivity index (χ4n) is 1.68. The number of H-pyrrole nitrogens is 1. The van der Waals surface area contributed by atoms with Crippen LogP contribution in [-0.4, -0.2) is 19.6 Å². The summed E-state index contributed by atoms with van der Waals surface area (Å²) in [6.45, 7) is 0. The lowest BCUT2D eigenvalue weighted by molar-refractivity contribution is 0.412. The predicted octanol–water partition coefficient (Wildman–Crippen LogP) is 1.33. The Hall–Kier alpha value is -1.95. The highest BCUT2D eigenvalue weighted by Crippen LogP contribution is 2.13. The topological polar surface area (TPSA) is 70.9 Å². The summed E-state index contributed by atoms with van der Waals surface area (Å²) in [6, 6.07) is 5.60. The second kappa shape index (κ2) is 5.14. The highest BCUT2D eigenvalue weighted by atomic mass is 32.1. The highest BCUT2D eigenvalue weighted by Gasteiger charge is 2.10. The number of nitrogens with one attached hydrogen (secondary N) is 1. The van der Waals surface area contributed by atoms with E-state index in [1.807, 2.05) is 18.2 Å². The number of hydrogen-bond donors (Lipinski definition) is 2. The molecule has 2 aromatic rings. The fourth-order valence-corrected chi connectivity index (χ4v) is 1.86. The quantitative estimate of drug-likeness (QED) is 0.820. The molecule has 0 unspecified atom stereocenters. The van der Waals surface area contributed by atoms with Gasteiger partial charge in [0.2, 0.25) is 5.88 Å². The average molecular weight is 263 g/mol. The van der Waals surface area contributed by atoms with E-state index >= 15 is 0 Å². The predicted molar refractivity (Wildman–Crippen MR) is 70.2 cm³/mol. The molecule has 0 spiro atoms. The Labute approximate surface area is 109 Å². The molecule has 0 aliphatic heterocycles. The first-order chi connectivity index (χ1) is 8.59. The van der Waals surface area contributed by atoms with Gasteiger partial charge >= 0.3 is 0 Å². The van der Waals surface area contributed by atoms with E-state index < -0.39 is 0 Å². The molecule has 0 radical (unpaired) electrons. The van der Waals surface area contributed by atoms with Crippen LogP contribution in [-0.2, 0) is 19.9 Å². The first kappa shape index (κ1) is 12.5. The molecule has 0 aliphatic rings. The minimum Gasteiger partial charge on any atom is -0.494 e. The smallest absolute Gasteiger partial charge is 0.258 e. The van der Waals surface area contributed by atoms with Gasteiger partial charge in [-0.15, -0.1) is 0 Å². The van der Waals surface area contributed by atoms with Gasteiger partial charge in [-0.25, -0.2) is 0 Å². The van der Waals surface area contributed by atoms with E-state index in [0.29, 0.717) is 18.4 Å². The number of hydrogen-bond acceptors (Lipinski definition) is 4. The van der Waals surface area contributed by atoms with E-state index in [9.17, 15) is 9.90 Å². The van der Waals surface area contributed by atoms with Crippen molar-refractivity contribution in [3.63, 3.8) is 0 Å². The summed E-state index contributed by atoms with van der Waals surface area (Å²) in [5, 5.41) is 9.89. The van der Waals surface area contributed by atoms with Crippen molar-refractivity contribution < 1.29 is 5.11 Å². The Kier molecular flexibility index (Phi) is 3.57. The molecule has 0 atom stereocenters. The van der Waals surface area contributed by atoms with Gasteiger partial charge in [0.25, 0.3) is 5.56 Å². The van der Waals surface area contributed by atoms with Crippen LogP contribution in [0.4, 0.5) is 0 Å². The summed E-state index contributed by atoms with van der Waals surface area (Å²) >= 11 is 4.90. The monoisotopic (exact) mass is 263 g/mol. The molecule has 2 aromatic heterocycles. The molecule has 2 N–H and O–H groups in total. The number of nitrogens with zero attached hydrogens (tertiary/aromatic N) is 2. The molecule has 5 nitrogen and oxygen atoms in total. The van der Waals surface area contributed by atoms with E-state index in [-0.39, 0.29) is 16.2 Å². The van der Waals surface area contributed by atoms with E-state index in [1.165, 1.54) is 4.57 Å². The molecule has 94 valence electrons. The molecule has 0 saturated heterocycles. The number of aromatic nitrogens is 3. The summed E-state index contributed by atoms with van der Waals surface area (Å²) in [7, 11) is 1.61. The van der Waals surface area contributed by atoms with Crippen LogP contribution < -0.4 is 5.56 Å². The fraction of sp³-hybridized carbons (Fsp3) is 0.250. The molecule has 0 fully saturated rings. The minimum atomic E-state index is -0.341. The van der Waals surface area contributed by atoms with Crippen LogP contribution in [0.15, 0.2) is 29.2 Å². The van der Waals surface area contributed by atoms with Crippen LogP contribution in [0.3, 0.4) is 0 Å². The maximum atomic E-state index is 11.7. The summed E-state index contributed by atoms with van der Waals surface area (Å²) < 4.78 is 1.59. The summed E-state index contributed by atoms with van der Waals surface area (Å²) in [5.74, 6) is -0.0836. The molecule has 0 aliphatic carbocycles. The molecule has 2 rings (SSSR count). The number of rotatable bonds is 3. The van der Waals surface area contributed by atoms with Crippen molar-refractivity contribution in [3.8, 4) is 5.88 Å². The van der Waals surface area contributed by atoms with Gasteiger partial charge in [-0.05, 0) is 37.2 Å². The first-order valence-corrected chi connectivity index (χ1v) is 5.91. The van der Waals surface area contributed by atoms with Crippen molar-refractivity contribution >= 4 is 12.2 Å². The third kappa shape index (κ3) is 2.48. The van der Waals surface area contributed by atoms with Crippen LogP contribution in [0.25, 0.3) is 0 Å². The second-order valence-corrected chi connectivity index (χ2v) is 4.33. The van der Waals surface area contributed by atoms with E-state index in [4.69, 9.17) is 12.2 Å². The number of aryl methyl sites for hydroxylation is 1. The molecular formula is C12H13N3O2S. The summed E-state index contributed by atoms with van der Waals surface area (Å²) in [6.07, 6.45) is 2.71. The lowest BCUT2D eigenvalue weighted by Gasteiger charge is -2.07.